The highest BCUT2D eigenvalue weighted by molar-refractivity contribution is 8.00. The molecular weight excluding hydrogens is 588 g/mol. The van der Waals surface area contributed by atoms with E-state index in [0.29, 0.717) is 18.4 Å². The zero-order chi connectivity index (χ0) is 28.8. The van der Waals surface area contributed by atoms with Crippen LogP contribution in [0, 0.1) is 10.1 Å². The van der Waals surface area contributed by atoms with Crippen molar-refractivity contribution in [3.8, 4) is 0 Å². The Morgan fingerprint density at radius 1 is 1.35 bits per heavy atom. The molecule has 40 heavy (non-hydrogen) atoms. The van der Waals surface area contributed by atoms with Crippen molar-refractivity contribution in [2.45, 2.75) is 31.4 Å². The number of oxime groups is 1. The van der Waals surface area contributed by atoms with E-state index in [0.717, 1.165) is 11.3 Å². The molecule has 210 valence electrons. The van der Waals surface area contributed by atoms with Crippen LogP contribution in [-0.2, 0) is 35.4 Å². The number of hydrogen-bond acceptors (Lipinski definition) is 12. The summed E-state index contributed by atoms with van der Waals surface area (Å²) in [4.78, 5) is 70.6. The van der Waals surface area contributed by atoms with E-state index in [1.807, 2.05) is 6.92 Å². The summed E-state index contributed by atoms with van der Waals surface area (Å²) in [6, 6.07) is 4.47. The second-order valence-electron chi connectivity index (χ2n) is 8.19. The number of benzene rings is 1. The molecule has 1 fully saturated rings. The molecule has 2 aliphatic rings. The Hall–Kier alpha value is -4.02. The first kappa shape index (κ1) is 29.0. The third-order valence-corrected chi connectivity index (χ3v) is 8.04. The van der Waals surface area contributed by atoms with E-state index in [-0.39, 0.29) is 51.9 Å². The lowest BCUT2D eigenvalue weighted by atomic mass is 10.0. The molecule has 0 bridgehead atoms. The summed E-state index contributed by atoms with van der Waals surface area (Å²) in [5.74, 6) is -1.97. The Kier molecular flexibility index (Phi) is 9.34. The van der Waals surface area contributed by atoms with Gasteiger partial charge in [0.05, 0.1) is 9.96 Å². The van der Waals surface area contributed by atoms with Gasteiger partial charge in [-0.25, -0.2) is 9.78 Å². The topological polar surface area (TPSA) is 182 Å². The molecule has 3 amide bonds. The smallest absolute Gasteiger partial charge is 0.356 e. The number of carbonyl (C=O) groups is 4. The van der Waals surface area contributed by atoms with Gasteiger partial charge in [0.15, 0.2) is 10.8 Å². The highest BCUT2D eigenvalue weighted by Crippen LogP contribution is 2.41. The summed E-state index contributed by atoms with van der Waals surface area (Å²) >= 11 is 8.61. The molecule has 2 aliphatic heterocycles. The van der Waals surface area contributed by atoms with Crippen LogP contribution >= 0.6 is 34.7 Å². The lowest BCUT2D eigenvalue weighted by Crippen LogP contribution is -2.71. The van der Waals surface area contributed by atoms with Gasteiger partial charge in [-0.15, -0.1) is 23.1 Å². The van der Waals surface area contributed by atoms with E-state index in [9.17, 15) is 29.3 Å². The van der Waals surface area contributed by atoms with E-state index in [4.69, 9.17) is 21.2 Å². The van der Waals surface area contributed by atoms with Crippen molar-refractivity contribution >= 4 is 75.4 Å². The number of nitro benzene ring substituents is 1. The minimum Gasteiger partial charge on any atom is -0.456 e. The van der Waals surface area contributed by atoms with Crippen LogP contribution < -0.4 is 10.6 Å². The molecule has 3 heterocycles. The summed E-state index contributed by atoms with van der Waals surface area (Å²) in [5.41, 5.74) is 0.216. The zero-order valence-corrected chi connectivity index (χ0v) is 23.1. The van der Waals surface area contributed by atoms with Crippen LogP contribution in [0.3, 0.4) is 0 Å². The Balaban J connectivity index is 1.43. The highest BCUT2D eigenvalue weighted by Gasteiger charge is 2.54. The maximum absolute atomic E-state index is 13.1. The van der Waals surface area contributed by atoms with Gasteiger partial charge in [0.1, 0.15) is 36.0 Å². The molecule has 1 unspecified atom stereocenters. The second-order valence-corrected chi connectivity index (χ2v) is 10.6. The molecule has 0 radical (unpaired) electrons. The van der Waals surface area contributed by atoms with Crippen LogP contribution in [0.2, 0.25) is 0 Å². The quantitative estimate of drug-likeness (QED) is 0.0690. The largest absolute Gasteiger partial charge is 0.456 e. The number of nitrogens with zero attached hydrogens (tertiary/aromatic N) is 4. The van der Waals surface area contributed by atoms with Gasteiger partial charge in [0.25, 0.3) is 17.5 Å². The minimum atomic E-state index is -0.998. The van der Waals surface area contributed by atoms with Crippen molar-refractivity contribution in [2.75, 3.05) is 17.7 Å². The number of anilines is 1. The molecule has 1 aromatic heterocycles. The SMILES string of the molecule is CCCO/N=C(\C(=O)NC1C(=O)N2C(C(=O)OCc3ccc([N+](=O)[O-])cc3)=C(Cl)CS[C@H]12)c1csc(NC=O)n1. The number of esters is 1. The fourth-order valence-corrected chi connectivity index (χ4v) is 5.82. The Labute approximate surface area is 239 Å². The number of halogens is 1. The first-order valence-electron chi connectivity index (χ1n) is 11.7. The number of β-lactam (4-membered cyclic amide) rings is 1. The van der Waals surface area contributed by atoms with Crippen molar-refractivity contribution in [3.63, 3.8) is 0 Å². The van der Waals surface area contributed by atoms with Crippen LogP contribution in [0.1, 0.15) is 24.6 Å². The van der Waals surface area contributed by atoms with Crippen LogP contribution in [0.25, 0.3) is 0 Å². The number of aromatic nitrogens is 1. The number of nitrogens with one attached hydrogen (secondary N) is 2. The van der Waals surface area contributed by atoms with Gasteiger partial charge >= 0.3 is 5.97 Å². The summed E-state index contributed by atoms with van der Waals surface area (Å²) < 4.78 is 5.31. The number of carbonyl (C=O) groups excluding carboxylic acids is 4. The number of rotatable bonds is 12. The summed E-state index contributed by atoms with van der Waals surface area (Å²) in [6.45, 7) is 1.90. The number of non-ortho nitro benzene ring substituents is 1. The second kappa shape index (κ2) is 12.9. The van der Waals surface area contributed by atoms with E-state index < -0.39 is 34.1 Å². The highest BCUT2D eigenvalue weighted by atomic mass is 35.5. The molecule has 14 nitrogen and oxygen atoms in total. The third kappa shape index (κ3) is 6.24. The molecule has 0 spiro atoms. The fraction of sp³-hybridized carbons (Fsp3) is 0.304. The first-order valence-corrected chi connectivity index (χ1v) is 14.0. The molecule has 0 saturated carbocycles. The Morgan fingerprint density at radius 2 is 2.10 bits per heavy atom. The Bertz CT molecular complexity index is 1400. The van der Waals surface area contributed by atoms with Crippen molar-refractivity contribution < 1.29 is 33.7 Å². The molecule has 2 aromatic rings. The van der Waals surface area contributed by atoms with Gasteiger partial charge in [-0.2, -0.15) is 0 Å². The number of ether oxygens (including phenoxy) is 1. The molecule has 2 N–H and O–H groups in total. The molecule has 17 heteroatoms. The first-order chi connectivity index (χ1) is 19.2. The standard InChI is InChI=1S/C23H21ClN6O8S2/c1-2-7-38-28-16(15-10-40-23(26-15)25-11-31)19(32)27-17-20(33)29-18(14(24)9-39-21(17)29)22(34)37-8-12-3-5-13(6-4-12)30(35)36/h3-6,10-11,17,21H,2,7-9H2,1H3,(H,27,32)(H,25,26,31)/b28-16-/t17?,21-/m1/s1. The summed E-state index contributed by atoms with van der Waals surface area (Å²) in [6.07, 6.45) is 1.08. The lowest BCUT2D eigenvalue weighted by molar-refractivity contribution is -0.384. The number of thioether (sulfide) groups is 1. The molecular formula is C23H21ClN6O8S2. The molecule has 0 aliphatic carbocycles. The van der Waals surface area contributed by atoms with Gasteiger partial charge in [0, 0.05) is 23.3 Å². The van der Waals surface area contributed by atoms with Gasteiger partial charge < -0.3 is 20.2 Å². The average Bonchev–Trinajstić information content (AvgIpc) is 3.41. The minimum absolute atomic E-state index is 0.106. The lowest BCUT2D eigenvalue weighted by Gasteiger charge is -2.49. The van der Waals surface area contributed by atoms with Crippen molar-refractivity contribution in [1.82, 2.24) is 15.2 Å². The zero-order valence-electron chi connectivity index (χ0n) is 20.7. The normalized spacial score (nSPS) is 18.4. The van der Waals surface area contributed by atoms with E-state index in [1.54, 1.807) is 0 Å². The van der Waals surface area contributed by atoms with Crippen molar-refractivity contribution in [2.24, 2.45) is 5.16 Å². The number of fused-ring (bicyclic) bond motifs is 1. The van der Waals surface area contributed by atoms with E-state index in [2.05, 4.69) is 20.8 Å². The third-order valence-electron chi connectivity index (χ3n) is 5.51. The van der Waals surface area contributed by atoms with Gasteiger partial charge in [0.2, 0.25) is 6.41 Å². The maximum atomic E-state index is 13.1. The number of hydrogen-bond donors (Lipinski definition) is 2. The predicted octanol–water partition coefficient (Wildman–Crippen LogP) is 2.34. The van der Waals surface area contributed by atoms with Gasteiger partial charge in [-0.3, -0.25) is 29.4 Å². The summed E-state index contributed by atoms with van der Waals surface area (Å²) in [7, 11) is 0. The van der Waals surface area contributed by atoms with Crippen LogP contribution in [0.5, 0.6) is 0 Å². The van der Waals surface area contributed by atoms with Gasteiger partial charge in [-0.1, -0.05) is 23.7 Å². The molecule has 1 aromatic carbocycles. The van der Waals surface area contributed by atoms with Crippen LogP contribution in [0.4, 0.5) is 10.8 Å². The van der Waals surface area contributed by atoms with Crippen LogP contribution in [0.15, 0.2) is 45.5 Å². The number of thiazole rings is 1. The maximum Gasteiger partial charge on any atom is 0.356 e. The monoisotopic (exact) mass is 608 g/mol. The molecule has 1 saturated heterocycles. The summed E-state index contributed by atoms with van der Waals surface area (Å²) in [5, 5.41) is 20.9. The van der Waals surface area contributed by atoms with Crippen molar-refractivity contribution in [1.29, 1.82) is 0 Å². The van der Waals surface area contributed by atoms with Crippen molar-refractivity contribution in [3.05, 3.63) is 61.7 Å². The van der Waals surface area contributed by atoms with Gasteiger partial charge in [-0.05, 0) is 24.1 Å². The van der Waals surface area contributed by atoms with E-state index in [1.165, 1.54) is 46.3 Å². The molecule has 4 rings (SSSR count). The van der Waals surface area contributed by atoms with Crippen LogP contribution in [-0.4, -0.2) is 68.5 Å². The Morgan fingerprint density at radius 3 is 2.77 bits per heavy atom. The predicted molar refractivity (Wildman–Crippen MR) is 145 cm³/mol. The number of amides is 3. The van der Waals surface area contributed by atoms with E-state index >= 15 is 0 Å². The number of nitro groups is 1. The molecule has 2 atom stereocenters. The average molecular weight is 609 g/mol. The fourth-order valence-electron chi connectivity index (χ4n) is 3.62.